The SMILES string of the molecule is Cn1ncc(C(N)=S)c1NC(=O)C(C)(C)c1ccccc1. The number of carbonyl (C=O) groups is 1. The molecule has 0 saturated heterocycles. The van der Waals surface area contributed by atoms with Crippen LogP contribution in [0.2, 0.25) is 0 Å². The van der Waals surface area contributed by atoms with Gasteiger partial charge in [0, 0.05) is 7.05 Å². The minimum absolute atomic E-state index is 0.144. The van der Waals surface area contributed by atoms with E-state index >= 15 is 0 Å². The van der Waals surface area contributed by atoms with Crippen molar-refractivity contribution in [3.05, 3.63) is 47.7 Å². The summed E-state index contributed by atoms with van der Waals surface area (Å²) in [5.74, 6) is 0.367. The minimum atomic E-state index is -0.682. The van der Waals surface area contributed by atoms with Crippen molar-refractivity contribution in [1.29, 1.82) is 0 Å². The molecule has 0 atom stereocenters. The van der Waals surface area contributed by atoms with Crippen molar-refractivity contribution in [2.75, 3.05) is 5.32 Å². The molecule has 0 aliphatic heterocycles. The van der Waals surface area contributed by atoms with E-state index in [1.54, 1.807) is 17.9 Å². The molecule has 110 valence electrons. The fraction of sp³-hybridized carbons (Fsp3) is 0.267. The van der Waals surface area contributed by atoms with E-state index < -0.39 is 5.41 Å². The molecule has 0 aliphatic rings. The van der Waals surface area contributed by atoms with Crippen molar-refractivity contribution in [2.24, 2.45) is 12.8 Å². The number of hydrogen-bond donors (Lipinski definition) is 2. The number of nitrogens with two attached hydrogens (primary N) is 1. The summed E-state index contributed by atoms with van der Waals surface area (Å²) < 4.78 is 1.55. The molecular weight excluding hydrogens is 284 g/mol. The van der Waals surface area contributed by atoms with Crippen LogP contribution in [0.15, 0.2) is 36.5 Å². The summed E-state index contributed by atoms with van der Waals surface area (Å²) in [7, 11) is 1.73. The fourth-order valence-corrected chi connectivity index (χ4v) is 2.17. The second kappa shape index (κ2) is 5.65. The summed E-state index contributed by atoms with van der Waals surface area (Å²) >= 11 is 4.98. The first-order valence-electron chi connectivity index (χ1n) is 6.53. The maximum absolute atomic E-state index is 12.6. The van der Waals surface area contributed by atoms with Gasteiger partial charge < -0.3 is 11.1 Å². The largest absolute Gasteiger partial charge is 0.389 e. The Kier molecular flexibility index (Phi) is 4.09. The average Bonchev–Trinajstić information content (AvgIpc) is 2.81. The van der Waals surface area contributed by atoms with Crippen LogP contribution in [0.1, 0.15) is 25.0 Å². The summed E-state index contributed by atoms with van der Waals surface area (Å²) in [5, 5.41) is 6.95. The molecule has 1 aromatic carbocycles. The van der Waals surface area contributed by atoms with E-state index in [9.17, 15) is 4.79 Å². The Hall–Kier alpha value is -2.21. The minimum Gasteiger partial charge on any atom is -0.389 e. The Labute approximate surface area is 129 Å². The predicted octanol–water partition coefficient (Wildman–Crippen LogP) is 1.97. The van der Waals surface area contributed by atoms with Gasteiger partial charge >= 0.3 is 0 Å². The van der Waals surface area contributed by atoms with Gasteiger partial charge in [-0.2, -0.15) is 5.10 Å². The Morgan fingerprint density at radius 2 is 1.95 bits per heavy atom. The highest BCUT2D eigenvalue weighted by Crippen LogP contribution is 2.25. The molecule has 0 fully saturated rings. The summed E-state index contributed by atoms with van der Waals surface area (Å²) in [6.07, 6.45) is 1.55. The lowest BCUT2D eigenvalue weighted by Crippen LogP contribution is -2.35. The number of carbonyl (C=O) groups excluding carboxylic acids is 1. The van der Waals surface area contributed by atoms with Gasteiger partial charge in [0.2, 0.25) is 5.91 Å². The van der Waals surface area contributed by atoms with E-state index in [1.807, 2.05) is 44.2 Å². The molecule has 0 saturated carbocycles. The second-order valence-corrected chi connectivity index (χ2v) is 5.78. The first-order valence-corrected chi connectivity index (χ1v) is 6.93. The van der Waals surface area contributed by atoms with Crippen LogP contribution >= 0.6 is 12.2 Å². The van der Waals surface area contributed by atoms with E-state index in [4.69, 9.17) is 18.0 Å². The molecule has 6 heteroatoms. The van der Waals surface area contributed by atoms with Crippen LogP contribution in [-0.2, 0) is 17.3 Å². The van der Waals surface area contributed by atoms with Gasteiger partial charge in [-0.15, -0.1) is 0 Å². The maximum Gasteiger partial charge on any atom is 0.235 e. The van der Waals surface area contributed by atoms with E-state index in [1.165, 1.54) is 0 Å². The van der Waals surface area contributed by atoms with Crippen molar-refractivity contribution >= 4 is 28.9 Å². The molecule has 1 heterocycles. The molecule has 0 aliphatic carbocycles. The number of nitrogens with zero attached hydrogens (tertiary/aromatic N) is 2. The third kappa shape index (κ3) is 2.95. The quantitative estimate of drug-likeness (QED) is 0.847. The van der Waals surface area contributed by atoms with Gasteiger partial charge in [-0.25, -0.2) is 0 Å². The maximum atomic E-state index is 12.6. The van der Waals surface area contributed by atoms with Crippen molar-refractivity contribution in [1.82, 2.24) is 9.78 Å². The number of hydrogen-bond acceptors (Lipinski definition) is 3. The first kappa shape index (κ1) is 15.2. The zero-order valence-electron chi connectivity index (χ0n) is 12.3. The van der Waals surface area contributed by atoms with Crippen LogP contribution in [0, 0.1) is 0 Å². The Balaban J connectivity index is 2.30. The topological polar surface area (TPSA) is 72.9 Å². The number of aromatic nitrogens is 2. The number of rotatable bonds is 4. The number of nitrogens with one attached hydrogen (secondary N) is 1. The Morgan fingerprint density at radius 3 is 2.52 bits per heavy atom. The van der Waals surface area contributed by atoms with Crippen molar-refractivity contribution in [3.8, 4) is 0 Å². The predicted molar refractivity (Wildman–Crippen MR) is 87.2 cm³/mol. The third-order valence-corrected chi connectivity index (χ3v) is 3.72. The van der Waals surface area contributed by atoms with E-state index in [0.29, 0.717) is 11.4 Å². The highest BCUT2D eigenvalue weighted by atomic mass is 32.1. The van der Waals surface area contributed by atoms with E-state index in [2.05, 4.69) is 10.4 Å². The van der Waals surface area contributed by atoms with E-state index in [-0.39, 0.29) is 10.9 Å². The molecule has 1 amide bonds. The Bertz CT molecular complexity index is 676. The monoisotopic (exact) mass is 302 g/mol. The third-order valence-electron chi connectivity index (χ3n) is 3.50. The molecular formula is C15H18N4OS. The molecule has 2 rings (SSSR count). The fourth-order valence-electron chi connectivity index (χ4n) is 2.02. The number of benzene rings is 1. The smallest absolute Gasteiger partial charge is 0.235 e. The Morgan fingerprint density at radius 1 is 1.33 bits per heavy atom. The number of anilines is 1. The molecule has 0 unspecified atom stereocenters. The van der Waals surface area contributed by atoms with Crippen LogP contribution in [0.25, 0.3) is 0 Å². The van der Waals surface area contributed by atoms with Gasteiger partial charge in [0.25, 0.3) is 0 Å². The number of aryl methyl sites for hydroxylation is 1. The average molecular weight is 302 g/mol. The summed E-state index contributed by atoms with van der Waals surface area (Å²) in [6, 6.07) is 9.60. The normalized spacial score (nSPS) is 11.2. The first-order chi connectivity index (χ1) is 9.84. The van der Waals surface area contributed by atoms with Crippen LogP contribution in [0.4, 0.5) is 5.82 Å². The van der Waals surface area contributed by atoms with Crippen LogP contribution in [0.3, 0.4) is 0 Å². The summed E-state index contributed by atoms with van der Waals surface area (Å²) in [6.45, 7) is 3.74. The highest BCUT2D eigenvalue weighted by Gasteiger charge is 2.31. The van der Waals surface area contributed by atoms with Crippen LogP contribution in [-0.4, -0.2) is 20.7 Å². The zero-order valence-corrected chi connectivity index (χ0v) is 13.1. The number of amides is 1. The molecule has 2 aromatic rings. The van der Waals surface area contributed by atoms with Crippen molar-refractivity contribution in [3.63, 3.8) is 0 Å². The molecule has 0 bridgehead atoms. The molecule has 1 aromatic heterocycles. The van der Waals surface area contributed by atoms with Gasteiger partial charge in [-0.05, 0) is 19.4 Å². The van der Waals surface area contributed by atoms with Gasteiger partial charge in [0.1, 0.15) is 10.8 Å². The lowest BCUT2D eigenvalue weighted by atomic mass is 9.84. The van der Waals surface area contributed by atoms with Gasteiger partial charge in [-0.1, -0.05) is 42.5 Å². The standard InChI is InChI=1S/C15H18N4OS/c1-15(2,10-7-5-4-6-8-10)14(20)18-13-11(12(16)21)9-17-19(13)3/h4-9H,1-3H3,(H2,16,21)(H,18,20). The van der Waals surface area contributed by atoms with Gasteiger partial charge in [0.15, 0.2) is 0 Å². The van der Waals surface area contributed by atoms with E-state index in [0.717, 1.165) is 5.56 Å². The highest BCUT2D eigenvalue weighted by molar-refractivity contribution is 7.80. The van der Waals surface area contributed by atoms with Gasteiger partial charge in [0.05, 0.1) is 17.2 Å². The molecule has 5 nitrogen and oxygen atoms in total. The molecule has 21 heavy (non-hydrogen) atoms. The summed E-state index contributed by atoms with van der Waals surface area (Å²) in [5.41, 5.74) is 6.46. The van der Waals surface area contributed by atoms with Crippen LogP contribution in [0.5, 0.6) is 0 Å². The molecule has 3 N–H and O–H groups in total. The molecule has 0 spiro atoms. The number of thiocarbonyl (C=S) groups is 1. The summed E-state index contributed by atoms with van der Waals surface area (Å²) in [4.78, 5) is 12.8. The van der Waals surface area contributed by atoms with Gasteiger partial charge in [-0.3, -0.25) is 9.48 Å². The lowest BCUT2D eigenvalue weighted by molar-refractivity contribution is -0.120. The van der Waals surface area contributed by atoms with Crippen molar-refractivity contribution in [2.45, 2.75) is 19.3 Å². The molecule has 0 radical (unpaired) electrons. The zero-order chi connectivity index (χ0) is 15.6. The van der Waals surface area contributed by atoms with Crippen molar-refractivity contribution < 1.29 is 4.79 Å². The second-order valence-electron chi connectivity index (χ2n) is 5.34. The lowest BCUT2D eigenvalue weighted by Gasteiger charge is -2.24. The van der Waals surface area contributed by atoms with Crippen LogP contribution < -0.4 is 11.1 Å².